The van der Waals surface area contributed by atoms with Crippen molar-refractivity contribution in [2.24, 2.45) is 0 Å². The van der Waals surface area contributed by atoms with Gasteiger partial charge in [-0.05, 0) is 36.6 Å². The van der Waals surface area contributed by atoms with Crippen molar-refractivity contribution < 1.29 is 17.9 Å². The predicted molar refractivity (Wildman–Crippen MR) is 97.2 cm³/mol. The lowest BCUT2D eigenvalue weighted by Gasteiger charge is -2.23. The molecule has 25 heavy (non-hydrogen) atoms. The number of hydrogen-bond acceptors (Lipinski definition) is 4. The minimum atomic E-state index is -3.42. The van der Waals surface area contributed by atoms with E-state index in [9.17, 15) is 8.42 Å². The molecule has 0 atom stereocenters. The van der Waals surface area contributed by atoms with Gasteiger partial charge >= 0.3 is 0 Å². The van der Waals surface area contributed by atoms with E-state index in [0.29, 0.717) is 18.0 Å². The maximum atomic E-state index is 13.0. The minimum Gasteiger partial charge on any atom is -0.497 e. The zero-order chi connectivity index (χ0) is 17.9. The van der Waals surface area contributed by atoms with Crippen LogP contribution in [-0.4, -0.2) is 33.0 Å². The second kappa shape index (κ2) is 7.45. The molecule has 0 amide bonds. The third-order valence-electron chi connectivity index (χ3n) is 4.32. The zero-order valence-electron chi connectivity index (χ0n) is 14.5. The van der Waals surface area contributed by atoms with Crippen molar-refractivity contribution in [3.63, 3.8) is 0 Å². The summed E-state index contributed by atoms with van der Waals surface area (Å²) in [6.07, 6.45) is 1.81. The summed E-state index contributed by atoms with van der Waals surface area (Å²) in [6, 6.07) is 14.8. The molecular formula is C19H23NO4S. The van der Waals surface area contributed by atoms with Gasteiger partial charge in [0.25, 0.3) is 0 Å². The number of sulfonamides is 1. The van der Waals surface area contributed by atoms with Crippen LogP contribution < -0.4 is 9.47 Å². The van der Waals surface area contributed by atoms with E-state index >= 15 is 0 Å². The molecule has 1 aliphatic carbocycles. The molecule has 1 aliphatic rings. The van der Waals surface area contributed by atoms with E-state index in [1.807, 2.05) is 48.5 Å². The van der Waals surface area contributed by atoms with Crippen LogP contribution >= 0.6 is 0 Å². The molecule has 0 saturated heterocycles. The molecular weight excluding hydrogens is 338 g/mol. The fourth-order valence-corrected chi connectivity index (χ4v) is 4.64. The fourth-order valence-electron chi connectivity index (χ4n) is 2.86. The SMILES string of the molecule is COc1ccc(OC)c(CN(C2CC2)S(=O)(=O)Cc2ccccc2)c1. The van der Waals surface area contributed by atoms with Gasteiger partial charge in [-0.1, -0.05) is 30.3 Å². The predicted octanol–water partition coefficient (Wildman–Crippen LogP) is 3.20. The van der Waals surface area contributed by atoms with Crippen molar-refractivity contribution in [3.05, 3.63) is 59.7 Å². The maximum Gasteiger partial charge on any atom is 0.218 e. The number of ether oxygens (including phenoxy) is 2. The molecule has 134 valence electrons. The van der Waals surface area contributed by atoms with Crippen LogP contribution in [0.2, 0.25) is 0 Å². The molecule has 0 bridgehead atoms. The highest BCUT2D eigenvalue weighted by molar-refractivity contribution is 7.88. The van der Waals surface area contributed by atoms with Gasteiger partial charge in [-0.2, -0.15) is 4.31 Å². The van der Waals surface area contributed by atoms with Crippen molar-refractivity contribution >= 4 is 10.0 Å². The quantitative estimate of drug-likeness (QED) is 0.724. The Bertz CT molecular complexity index is 817. The first-order valence-corrected chi connectivity index (χ1v) is 9.89. The summed E-state index contributed by atoms with van der Waals surface area (Å²) in [6.45, 7) is 0.292. The Morgan fingerprint density at radius 3 is 2.36 bits per heavy atom. The van der Waals surface area contributed by atoms with Gasteiger partial charge in [-0.15, -0.1) is 0 Å². The van der Waals surface area contributed by atoms with E-state index < -0.39 is 10.0 Å². The normalized spacial score (nSPS) is 14.5. The Morgan fingerprint density at radius 2 is 1.76 bits per heavy atom. The van der Waals surface area contributed by atoms with Gasteiger partial charge in [0.2, 0.25) is 10.0 Å². The molecule has 0 unspecified atom stereocenters. The number of methoxy groups -OCH3 is 2. The highest BCUT2D eigenvalue weighted by Gasteiger charge is 2.37. The molecule has 1 fully saturated rings. The second-order valence-electron chi connectivity index (χ2n) is 6.20. The van der Waals surface area contributed by atoms with E-state index in [2.05, 4.69) is 0 Å². The second-order valence-corrected chi connectivity index (χ2v) is 8.12. The lowest BCUT2D eigenvalue weighted by molar-refractivity contribution is 0.369. The Kier molecular flexibility index (Phi) is 5.30. The van der Waals surface area contributed by atoms with Crippen molar-refractivity contribution in [2.45, 2.75) is 31.2 Å². The first-order valence-electron chi connectivity index (χ1n) is 8.28. The molecule has 1 saturated carbocycles. The summed E-state index contributed by atoms with van der Waals surface area (Å²) in [5, 5.41) is 0. The average molecular weight is 361 g/mol. The van der Waals surface area contributed by atoms with Crippen molar-refractivity contribution in [3.8, 4) is 11.5 Å². The van der Waals surface area contributed by atoms with E-state index in [0.717, 1.165) is 24.0 Å². The lowest BCUT2D eigenvalue weighted by atomic mass is 10.2. The largest absolute Gasteiger partial charge is 0.497 e. The summed E-state index contributed by atoms with van der Waals surface area (Å²) >= 11 is 0. The van der Waals surface area contributed by atoms with Gasteiger partial charge in [0.1, 0.15) is 11.5 Å². The molecule has 2 aromatic carbocycles. The Labute approximate surface area is 149 Å². The first-order chi connectivity index (χ1) is 12.0. The third kappa shape index (κ3) is 4.32. The van der Waals surface area contributed by atoms with Gasteiger partial charge in [-0.25, -0.2) is 8.42 Å². The van der Waals surface area contributed by atoms with Crippen molar-refractivity contribution in [2.75, 3.05) is 14.2 Å². The number of benzene rings is 2. The molecule has 0 radical (unpaired) electrons. The summed E-state index contributed by atoms with van der Waals surface area (Å²) in [7, 11) is -0.236. The van der Waals surface area contributed by atoms with Gasteiger partial charge in [0, 0.05) is 18.2 Å². The minimum absolute atomic E-state index is 0.0105. The van der Waals surface area contributed by atoms with Crippen LogP contribution in [0.25, 0.3) is 0 Å². The molecule has 0 aliphatic heterocycles. The maximum absolute atomic E-state index is 13.0. The van der Waals surface area contributed by atoms with Crippen LogP contribution in [0.15, 0.2) is 48.5 Å². The molecule has 3 rings (SSSR count). The van der Waals surface area contributed by atoms with E-state index in [1.165, 1.54) is 0 Å². The van der Waals surface area contributed by atoms with Crippen LogP contribution in [0, 0.1) is 0 Å². The standard InChI is InChI=1S/C19H23NO4S/c1-23-18-10-11-19(24-2)16(12-18)13-20(17-8-9-17)25(21,22)14-15-6-4-3-5-7-15/h3-7,10-12,17H,8-9,13-14H2,1-2H3. The lowest BCUT2D eigenvalue weighted by Crippen LogP contribution is -2.33. The molecule has 0 aromatic heterocycles. The summed E-state index contributed by atoms with van der Waals surface area (Å²) in [4.78, 5) is 0. The van der Waals surface area contributed by atoms with Crippen molar-refractivity contribution in [1.82, 2.24) is 4.31 Å². The summed E-state index contributed by atoms with van der Waals surface area (Å²) in [5.74, 6) is 1.37. The highest BCUT2D eigenvalue weighted by Crippen LogP contribution is 2.34. The van der Waals surface area contributed by atoms with Gasteiger partial charge in [-0.3, -0.25) is 0 Å². The van der Waals surface area contributed by atoms with Crippen molar-refractivity contribution in [1.29, 1.82) is 0 Å². The Hall–Kier alpha value is -2.05. The smallest absolute Gasteiger partial charge is 0.218 e. The molecule has 0 spiro atoms. The molecule has 2 aromatic rings. The Balaban J connectivity index is 1.87. The third-order valence-corrected chi connectivity index (χ3v) is 6.16. The highest BCUT2D eigenvalue weighted by atomic mass is 32.2. The average Bonchev–Trinajstić information content (AvgIpc) is 3.44. The van der Waals surface area contributed by atoms with Gasteiger partial charge < -0.3 is 9.47 Å². The van der Waals surface area contributed by atoms with E-state index in [1.54, 1.807) is 18.5 Å². The monoisotopic (exact) mass is 361 g/mol. The zero-order valence-corrected chi connectivity index (χ0v) is 15.3. The number of hydrogen-bond donors (Lipinski definition) is 0. The molecule has 0 heterocycles. The summed E-state index contributed by atoms with van der Waals surface area (Å²) < 4.78 is 38.3. The molecule has 0 N–H and O–H groups in total. The molecule has 6 heteroatoms. The Morgan fingerprint density at radius 1 is 1.04 bits per heavy atom. The van der Waals surface area contributed by atoms with E-state index in [-0.39, 0.29) is 11.8 Å². The van der Waals surface area contributed by atoms with E-state index in [4.69, 9.17) is 9.47 Å². The number of rotatable bonds is 8. The van der Waals surface area contributed by atoms with Crippen LogP contribution in [0.4, 0.5) is 0 Å². The van der Waals surface area contributed by atoms with Crippen LogP contribution in [0.1, 0.15) is 24.0 Å². The fraction of sp³-hybridized carbons (Fsp3) is 0.368. The van der Waals surface area contributed by atoms with Gasteiger partial charge in [0.15, 0.2) is 0 Å². The summed E-state index contributed by atoms with van der Waals surface area (Å²) in [5.41, 5.74) is 1.61. The number of nitrogens with zero attached hydrogens (tertiary/aromatic N) is 1. The topological polar surface area (TPSA) is 55.8 Å². The van der Waals surface area contributed by atoms with Crippen LogP contribution in [-0.2, 0) is 22.3 Å². The first kappa shape index (κ1) is 17.8. The van der Waals surface area contributed by atoms with Gasteiger partial charge in [0.05, 0.1) is 20.0 Å². The molecule has 5 nitrogen and oxygen atoms in total. The van der Waals surface area contributed by atoms with Crippen LogP contribution in [0.5, 0.6) is 11.5 Å². The van der Waals surface area contributed by atoms with Crippen LogP contribution in [0.3, 0.4) is 0 Å².